The van der Waals surface area contributed by atoms with E-state index >= 15 is 0 Å². The first-order valence-electron chi connectivity index (χ1n) is 0. The van der Waals surface area contributed by atoms with Crippen molar-refractivity contribution in [3.63, 3.8) is 0 Å². The van der Waals surface area contributed by atoms with Crippen molar-refractivity contribution in [2.75, 3.05) is 0 Å². The van der Waals surface area contributed by atoms with E-state index in [1.54, 1.807) is 0 Å². The average Bonchev–Trinajstić information content (AvgIpc) is 0. The molecule has 0 N–H and O–H groups in total. The van der Waals surface area contributed by atoms with Crippen LogP contribution in [-0.2, 0) is 22.4 Å². The molecule has 0 aromatic heterocycles. The van der Waals surface area contributed by atoms with Gasteiger partial charge in [0, 0.05) is 41.2 Å². The predicted molar refractivity (Wildman–Crippen MR) is 18.6 cm³/mol. The summed E-state index contributed by atoms with van der Waals surface area (Å²) in [5, 5.41) is 0. The Morgan fingerprint density at radius 2 is 0.750 bits per heavy atom. The third-order valence-electron chi connectivity index (χ3n) is 0. The van der Waals surface area contributed by atoms with Crippen molar-refractivity contribution >= 4 is 18.9 Å². The summed E-state index contributed by atoms with van der Waals surface area (Å²) in [6, 6.07) is 0. The molecule has 0 rings (SSSR count). The van der Waals surface area contributed by atoms with Crippen LogP contribution in [0.1, 0.15) is 0 Å². The molecular formula is C2H6AuLi-2. The zero-order valence-corrected chi connectivity index (χ0v) is 5.47. The summed E-state index contributed by atoms with van der Waals surface area (Å²) in [6.07, 6.45) is 0. The van der Waals surface area contributed by atoms with Crippen molar-refractivity contribution < 1.29 is 22.4 Å². The van der Waals surface area contributed by atoms with Gasteiger partial charge in [-0.15, -0.1) is 0 Å². The average molecular weight is 234 g/mol. The molecular weight excluding hydrogens is 228 g/mol. The maximum absolute atomic E-state index is 0. The summed E-state index contributed by atoms with van der Waals surface area (Å²) in [6.45, 7) is 0. The first kappa shape index (κ1) is 56.1. The minimum Gasteiger partial charge on any atom is -0.358 e. The molecule has 0 bridgehead atoms. The fourth-order valence-corrected chi connectivity index (χ4v) is 0. The quantitative estimate of drug-likeness (QED) is 0.423. The van der Waals surface area contributed by atoms with Crippen molar-refractivity contribution in [1.82, 2.24) is 0 Å². The van der Waals surface area contributed by atoms with Crippen molar-refractivity contribution in [3.8, 4) is 0 Å². The van der Waals surface area contributed by atoms with Gasteiger partial charge in [-0.1, -0.05) is 0 Å². The Morgan fingerprint density at radius 3 is 0.750 bits per heavy atom. The van der Waals surface area contributed by atoms with E-state index < -0.39 is 0 Å². The SMILES string of the molecule is [Au].[CH3-].[CH3-].[Li]. The molecule has 0 fully saturated rings. The summed E-state index contributed by atoms with van der Waals surface area (Å²) in [4.78, 5) is 0. The topological polar surface area (TPSA) is 0 Å². The number of hydrogen-bond acceptors (Lipinski definition) is 0. The van der Waals surface area contributed by atoms with Crippen LogP contribution in [0.15, 0.2) is 0 Å². The van der Waals surface area contributed by atoms with Gasteiger partial charge in [-0.25, -0.2) is 0 Å². The molecule has 0 saturated heterocycles. The zero-order valence-electron chi connectivity index (χ0n) is 3.30. The fourth-order valence-electron chi connectivity index (χ4n) is 0. The summed E-state index contributed by atoms with van der Waals surface area (Å²) in [5.74, 6) is 0. The maximum Gasteiger partial charge on any atom is 0 e. The van der Waals surface area contributed by atoms with Gasteiger partial charge in [0.25, 0.3) is 0 Å². The van der Waals surface area contributed by atoms with Crippen LogP contribution in [0.5, 0.6) is 0 Å². The van der Waals surface area contributed by atoms with Crippen LogP contribution in [-0.4, -0.2) is 18.9 Å². The molecule has 2 radical (unpaired) electrons. The second kappa shape index (κ2) is 27.0. The molecule has 0 amide bonds. The second-order valence-electron chi connectivity index (χ2n) is 0. The van der Waals surface area contributed by atoms with E-state index in [4.69, 9.17) is 0 Å². The van der Waals surface area contributed by atoms with Gasteiger partial charge in [0.2, 0.25) is 0 Å². The molecule has 28 valence electrons. The van der Waals surface area contributed by atoms with E-state index in [0.29, 0.717) is 0 Å². The summed E-state index contributed by atoms with van der Waals surface area (Å²) in [7, 11) is 0. The van der Waals surface area contributed by atoms with Crippen LogP contribution in [0, 0.1) is 14.9 Å². The van der Waals surface area contributed by atoms with Crippen LogP contribution < -0.4 is 0 Å². The molecule has 0 spiro atoms. The van der Waals surface area contributed by atoms with E-state index in [0.717, 1.165) is 0 Å². The van der Waals surface area contributed by atoms with Gasteiger partial charge in [-0.3, -0.25) is 0 Å². The van der Waals surface area contributed by atoms with E-state index in [-0.39, 0.29) is 56.1 Å². The second-order valence-corrected chi connectivity index (χ2v) is 0. The Balaban J connectivity index is 0. The molecule has 2 heteroatoms. The Kier molecular flexibility index (Phi) is 379. The third-order valence-corrected chi connectivity index (χ3v) is 0. The van der Waals surface area contributed by atoms with Gasteiger partial charge < -0.3 is 14.9 Å². The molecule has 0 nitrogen and oxygen atoms in total. The summed E-state index contributed by atoms with van der Waals surface area (Å²) in [5.41, 5.74) is 0. The normalized spacial score (nSPS) is 0. The largest absolute Gasteiger partial charge is 0.358 e. The van der Waals surface area contributed by atoms with Crippen LogP contribution in [0.2, 0.25) is 0 Å². The monoisotopic (exact) mass is 234 g/mol. The standard InChI is InChI=1S/2CH3.Au.Li/h2*1H3;;/q2*-1;;. The molecule has 0 aliphatic rings. The van der Waals surface area contributed by atoms with Gasteiger partial charge in [0.15, 0.2) is 0 Å². The van der Waals surface area contributed by atoms with Crippen molar-refractivity contribution in [1.29, 1.82) is 0 Å². The minimum absolute atomic E-state index is 0. The van der Waals surface area contributed by atoms with Gasteiger partial charge in [-0.2, -0.15) is 0 Å². The first-order valence-corrected chi connectivity index (χ1v) is 0. The molecule has 0 unspecified atom stereocenters. The van der Waals surface area contributed by atoms with Crippen LogP contribution in [0.4, 0.5) is 0 Å². The van der Waals surface area contributed by atoms with E-state index in [9.17, 15) is 0 Å². The fraction of sp³-hybridized carbons (Fsp3) is 0. The molecule has 0 aliphatic heterocycles. The van der Waals surface area contributed by atoms with Gasteiger partial charge in [0.05, 0.1) is 0 Å². The van der Waals surface area contributed by atoms with Crippen molar-refractivity contribution in [2.24, 2.45) is 0 Å². The van der Waals surface area contributed by atoms with Crippen molar-refractivity contribution in [2.45, 2.75) is 0 Å². The van der Waals surface area contributed by atoms with Crippen molar-refractivity contribution in [3.05, 3.63) is 14.9 Å². The molecule has 0 heterocycles. The Bertz CT molecular complexity index is 6.00. The number of hydrogen-bond donors (Lipinski definition) is 0. The summed E-state index contributed by atoms with van der Waals surface area (Å²) >= 11 is 0. The number of rotatable bonds is 0. The molecule has 0 atom stereocenters. The maximum atomic E-state index is 0. The minimum atomic E-state index is 0. The van der Waals surface area contributed by atoms with Crippen LogP contribution >= 0.6 is 0 Å². The van der Waals surface area contributed by atoms with Crippen LogP contribution in [0.25, 0.3) is 0 Å². The third kappa shape index (κ3) is 10.2. The first-order chi connectivity index (χ1) is 0. The predicted octanol–water partition coefficient (Wildman–Crippen LogP) is 0.517. The van der Waals surface area contributed by atoms with Gasteiger partial charge in [0.1, 0.15) is 0 Å². The Labute approximate surface area is 56.0 Å². The zero-order chi connectivity index (χ0) is 0. The van der Waals surface area contributed by atoms with Gasteiger partial charge >= 0.3 is 0 Å². The van der Waals surface area contributed by atoms with Gasteiger partial charge in [-0.05, 0) is 0 Å². The molecule has 0 aromatic carbocycles. The molecule has 4 heavy (non-hydrogen) atoms. The summed E-state index contributed by atoms with van der Waals surface area (Å²) < 4.78 is 0. The molecule has 0 aromatic rings. The molecule has 0 aliphatic carbocycles. The van der Waals surface area contributed by atoms with E-state index in [1.165, 1.54) is 0 Å². The van der Waals surface area contributed by atoms with E-state index in [2.05, 4.69) is 0 Å². The smallest absolute Gasteiger partial charge is 0 e. The van der Waals surface area contributed by atoms with Crippen LogP contribution in [0.3, 0.4) is 0 Å². The molecule has 0 saturated carbocycles. The Morgan fingerprint density at radius 1 is 0.750 bits per heavy atom. The Hall–Kier alpha value is 1.34. The van der Waals surface area contributed by atoms with E-state index in [1.807, 2.05) is 0 Å².